The molecule has 12 heteroatoms. The quantitative estimate of drug-likeness (QED) is 0.320. The summed E-state index contributed by atoms with van der Waals surface area (Å²) < 4.78 is 66.8. The zero-order chi connectivity index (χ0) is 30.4. The summed E-state index contributed by atoms with van der Waals surface area (Å²) in [6.45, 7) is 2.65. The molecule has 0 aliphatic carbocycles. The molecule has 220 valence electrons. The molecule has 0 aromatic heterocycles. The van der Waals surface area contributed by atoms with Gasteiger partial charge in [0, 0.05) is 19.0 Å². The van der Waals surface area contributed by atoms with E-state index in [4.69, 9.17) is 11.6 Å². The van der Waals surface area contributed by atoms with E-state index in [1.807, 2.05) is 6.07 Å². The highest BCUT2D eigenvalue weighted by Gasteiger charge is 2.36. The lowest BCUT2D eigenvalue weighted by Gasteiger charge is -2.34. The number of halogens is 4. The van der Waals surface area contributed by atoms with Crippen LogP contribution >= 0.6 is 11.6 Å². The molecule has 3 rings (SSSR count). The molecule has 0 saturated carbocycles. The summed E-state index contributed by atoms with van der Waals surface area (Å²) in [7, 11) is -4.24. The zero-order valence-corrected chi connectivity index (χ0v) is 24.3. The Morgan fingerprint density at radius 1 is 0.927 bits per heavy atom. The smallest absolute Gasteiger partial charge is 0.352 e. The Balaban J connectivity index is 2.08. The van der Waals surface area contributed by atoms with Crippen molar-refractivity contribution in [2.24, 2.45) is 0 Å². The predicted molar refractivity (Wildman–Crippen MR) is 153 cm³/mol. The third-order valence-corrected chi connectivity index (χ3v) is 7.59. The number of nitrogens with one attached hydrogen (secondary N) is 1. The van der Waals surface area contributed by atoms with Crippen molar-refractivity contribution in [1.82, 2.24) is 10.2 Å². The molecule has 3 aromatic carbocycles. The van der Waals surface area contributed by atoms with Crippen LogP contribution in [-0.4, -0.2) is 50.0 Å². The van der Waals surface area contributed by atoms with Gasteiger partial charge in [0.05, 0.1) is 22.5 Å². The fourth-order valence-corrected chi connectivity index (χ4v) is 5.28. The first-order valence-electron chi connectivity index (χ1n) is 12.7. The Morgan fingerprint density at radius 2 is 1.49 bits per heavy atom. The van der Waals surface area contributed by atoms with Gasteiger partial charge in [-0.2, -0.15) is 13.2 Å². The highest BCUT2D eigenvalue weighted by Crippen LogP contribution is 2.37. The summed E-state index contributed by atoms with van der Waals surface area (Å²) in [5, 5.41) is 2.21. The number of hydrogen-bond donors (Lipinski definition) is 1. The summed E-state index contributed by atoms with van der Waals surface area (Å²) in [6.07, 6.45) is -3.94. The van der Waals surface area contributed by atoms with Crippen molar-refractivity contribution in [2.45, 2.75) is 45.1 Å². The number of hydrogen-bond acceptors (Lipinski definition) is 4. The third kappa shape index (κ3) is 8.96. The lowest BCUT2D eigenvalue weighted by molar-refractivity contribution is -0.140. The van der Waals surface area contributed by atoms with Gasteiger partial charge in [0.1, 0.15) is 12.6 Å². The van der Waals surface area contributed by atoms with Gasteiger partial charge in [-0.25, -0.2) is 8.42 Å². The maximum atomic E-state index is 13.9. The number of sulfonamides is 1. The van der Waals surface area contributed by atoms with Crippen LogP contribution in [0, 0.1) is 0 Å². The van der Waals surface area contributed by atoms with E-state index in [9.17, 15) is 31.2 Å². The second kappa shape index (κ2) is 13.4. The van der Waals surface area contributed by atoms with Crippen LogP contribution < -0.4 is 9.62 Å². The van der Waals surface area contributed by atoms with Gasteiger partial charge in [0.25, 0.3) is 0 Å². The highest BCUT2D eigenvalue weighted by atomic mass is 35.5. The van der Waals surface area contributed by atoms with Crippen molar-refractivity contribution in [3.63, 3.8) is 0 Å². The molecule has 2 amide bonds. The molecule has 0 unspecified atom stereocenters. The first-order chi connectivity index (χ1) is 19.2. The van der Waals surface area contributed by atoms with E-state index in [1.54, 1.807) is 68.4 Å². The molecular formula is C29H31ClF3N3O4S. The van der Waals surface area contributed by atoms with E-state index in [0.717, 1.165) is 24.0 Å². The Kier molecular flexibility index (Phi) is 10.4. The number of carbonyl (C=O) groups excluding carboxylic acids is 2. The number of benzene rings is 3. The fraction of sp³-hybridized carbons (Fsp3) is 0.310. The number of amides is 2. The summed E-state index contributed by atoms with van der Waals surface area (Å²) in [5.41, 5.74) is -0.191. The van der Waals surface area contributed by atoms with Crippen molar-refractivity contribution >= 4 is 39.1 Å². The molecule has 41 heavy (non-hydrogen) atoms. The van der Waals surface area contributed by atoms with E-state index in [-0.39, 0.29) is 24.7 Å². The lowest BCUT2D eigenvalue weighted by atomic mass is 10.0. The Hall–Kier alpha value is -3.57. The van der Waals surface area contributed by atoms with Crippen LogP contribution in [0.4, 0.5) is 18.9 Å². The van der Waals surface area contributed by atoms with Crippen LogP contribution in [0.5, 0.6) is 0 Å². The van der Waals surface area contributed by atoms with E-state index >= 15 is 0 Å². The topological polar surface area (TPSA) is 86.8 Å². The SMILES string of the molecule is CC(C)NC(=O)[C@@H](Cc1ccccc1)N(Cc1ccccc1)C(=O)CN(c1ccc(Cl)c(C(F)(F)F)c1)S(C)(=O)=O. The van der Waals surface area contributed by atoms with Gasteiger partial charge in [-0.3, -0.25) is 13.9 Å². The summed E-state index contributed by atoms with van der Waals surface area (Å²) in [4.78, 5) is 28.7. The van der Waals surface area contributed by atoms with Gasteiger partial charge in [-0.1, -0.05) is 72.3 Å². The molecule has 0 heterocycles. The highest BCUT2D eigenvalue weighted by molar-refractivity contribution is 7.92. The Morgan fingerprint density at radius 3 is 2.00 bits per heavy atom. The number of anilines is 1. The minimum absolute atomic E-state index is 0.0469. The van der Waals surface area contributed by atoms with Crippen molar-refractivity contribution < 1.29 is 31.2 Å². The molecule has 0 saturated heterocycles. The second-order valence-electron chi connectivity index (χ2n) is 9.81. The molecule has 0 radical (unpaired) electrons. The van der Waals surface area contributed by atoms with Crippen LogP contribution in [0.15, 0.2) is 78.9 Å². The number of rotatable bonds is 11. The van der Waals surface area contributed by atoms with Gasteiger partial charge in [-0.15, -0.1) is 0 Å². The summed E-state index contributed by atoms with van der Waals surface area (Å²) >= 11 is 5.73. The minimum atomic E-state index is -4.85. The van der Waals surface area contributed by atoms with Crippen molar-refractivity contribution in [3.8, 4) is 0 Å². The molecule has 3 aromatic rings. The normalized spacial score (nSPS) is 12.6. The fourth-order valence-electron chi connectivity index (χ4n) is 4.21. The van der Waals surface area contributed by atoms with E-state index in [1.165, 1.54) is 4.90 Å². The summed E-state index contributed by atoms with van der Waals surface area (Å²) in [5.74, 6) is -1.23. The van der Waals surface area contributed by atoms with Gasteiger partial charge in [-0.05, 0) is 43.2 Å². The Labute approximate surface area is 243 Å². The maximum Gasteiger partial charge on any atom is 0.417 e. The van der Waals surface area contributed by atoms with Crippen molar-refractivity contribution in [1.29, 1.82) is 0 Å². The van der Waals surface area contributed by atoms with Gasteiger partial charge in [0.15, 0.2) is 0 Å². The second-order valence-corrected chi connectivity index (χ2v) is 12.1. The molecule has 0 fully saturated rings. The number of alkyl halides is 3. The molecule has 0 aliphatic heterocycles. The maximum absolute atomic E-state index is 13.9. The Bertz CT molecular complexity index is 1450. The van der Waals surface area contributed by atoms with Crippen molar-refractivity contribution in [2.75, 3.05) is 17.1 Å². The average Bonchev–Trinajstić information content (AvgIpc) is 2.89. The summed E-state index contributed by atoms with van der Waals surface area (Å²) in [6, 6.07) is 19.1. The zero-order valence-electron chi connectivity index (χ0n) is 22.7. The average molecular weight is 610 g/mol. The molecule has 0 aliphatic rings. The first-order valence-corrected chi connectivity index (χ1v) is 14.9. The van der Waals surface area contributed by atoms with Crippen LogP contribution in [0.2, 0.25) is 5.02 Å². The molecule has 0 bridgehead atoms. The minimum Gasteiger partial charge on any atom is -0.352 e. The van der Waals surface area contributed by atoms with Gasteiger partial charge in [0.2, 0.25) is 21.8 Å². The third-order valence-electron chi connectivity index (χ3n) is 6.12. The van der Waals surface area contributed by atoms with E-state index < -0.39 is 51.2 Å². The molecule has 1 N–H and O–H groups in total. The molecule has 7 nitrogen and oxygen atoms in total. The van der Waals surface area contributed by atoms with Gasteiger partial charge < -0.3 is 10.2 Å². The first kappa shape index (κ1) is 32.0. The van der Waals surface area contributed by atoms with Crippen LogP contribution in [0.25, 0.3) is 0 Å². The number of carbonyl (C=O) groups is 2. The van der Waals surface area contributed by atoms with Crippen molar-refractivity contribution in [3.05, 3.63) is 101 Å². The van der Waals surface area contributed by atoms with Crippen LogP contribution in [0.1, 0.15) is 30.5 Å². The van der Waals surface area contributed by atoms with Crippen LogP contribution in [0.3, 0.4) is 0 Å². The molecular weight excluding hydrogens is 579 g/mol. The molecule has 1 atom stereocenters. The lowest BCUT2D eigenvalue weighted by Crippen LogP contribution is -2.54. The van der Waals surface area contributed by atoms with Gasteiger partial charge >= 0.3 is 6.18 Å². The number of nitrogens with zero attached hydrogens (tertiary/aromatic N) is 2. The standard InChI is InChI=1S/C29H31ClF3N3O4S/c1-20(2)34-28(38)26(16-21-10-6-4-7-11-21)35(18-22-12-8-5-9-13-22)27(37)19-36(41(3,39)40)23-14-15-25(30)24(17-23)29(31,32)33/h4-15,17,20,26H,16,18-19H2,1-3H3,(H,34,38)/t26-/m1/s1. The van der Waals surface area contributed by atoms with E-state index in [0.29, 0.717) is 15.9 Å². The van der Waals surface area contributed by atoms with E-state index in [2.05, 4.69) is 5.32 Å². The predicted octanol–water partition coefficient (Wildman–Crippen LogP) is 5.29. The largest absolute Gasteiger partial charge is 0.417 e. The van der Waals surface area contributed by atoms with Crippen LogP contribution in [-0.2, 0) is 38.8 Å². The molecule has 0 spiro atoms. The monoisotopic (exact) mass is 609 g/mol.